The fourth-order valence-electron chi connectivity index (χ4n) is 2.53. The zero-order valence-electron chi connectivity index (χ0n) is 11.2. The Bertz CT molecular complexity index is 368. The lowest BCUT2D eigenvalue weighted by molar-refractivity contribution is -0.145. The maximum atomic E-state index is 12.0. The number of carbonyl (C=O) groups is 2. The molecule has 0 bridgehead atoms. The van der Waals surface area contributed by atoms with E-state index in [1.54, 1.807) is 20.8 Å². The molecule has 5 nitrogen and oxygen atoms in total. The van der Waals surface area contributed by atoms with Crippen LogP contribution in [0.2, 0.25) is 0 Å². The summed E-state index contributed by atoms with van der Waals surface area (Å²) in [5, 5.41) is 9.27. The van der Waals surface area contributed by atoms with E-state index in [1.165, 1.54) is 4.90 Å². The van der Waals surface area contributed by atoms with Crippen molar-refractivity contribution < 1.29 is 19.4 Å². The van der Waals surface area contributed by atoms with E-state index < -0.39 is 23.7 Å². The molecule has 0 radical (unpaired) electrons. The Hall–Kier alpha value is -1.26. The van der Waals surface area contributed by atoms with Crippen LogP contribution in [0.1, 0.15) is 46.5 Å². The average molecular weight is 255 g/mol. The molecular formula is C13H21NO4. The van der Waals surface area contributed by atoms with Gasteiger partial charge in [-0.1, -0.05) is 0 Å². The number of likely N-dealkylation sites (tertiary alicyclic amines) is 1. The first-order valence-corrected chi connectivity index (χ1v) is 6.45. The summed E-state index contributed by atoms with van der Waals surface area (Å²) in [6.45, 7) is 5.85. The molecule has 1 aliphatic carbocycles. The number of carboxylic acids is 1. The molecule has 0 aromatic heterocycles. The summed E-state index contributed by atoms with van der Waals surface area (Å²) in [5.74, 6) is -0.924. The van der Waals surface area contributed by atoms with Crippen molar-refractivity contribution in [1.29, 1.82) is 0 Å². The minimum Gasteiger partial charge on any atom is -0.480 e. The van der Waals surface area contributed by atoms with E-state index >= 15 is 0 Å². The van der Waals surface area contributed by atoms with Gasteiger partial charge in [-0.05, 0) is 51.9 Å². The Morgan fingerprint density at radius 2 is 1.89 bits per heavy atom. The molecule has 0 aromatic carbocycles. The van der Waals surface area contributed by atoms with E-state index in [0.717, 1.165) is 19.3 Å². The number of amides is 1. The Labute approximate surface area is 107 Å². The van der Waals surface area contributed by atoms with Crippen LogP contribution in [0.15, 0.2) is 0 Å². The Kier molecular flexibility index (Phi) is 3.03. The standard InChI is InChI=1S/C13H21NO4/c1-12(2,3)18-11(17)14-7-6-13(4-5-13)8-9(14)10(15)16/h9H,4-8H2,1-3H3,(H,15,16)/t9-/m1/s1. The molecule has 1 atom stereocenters. The highest BCUT2D eigenvalue weighted by Crippen LogP contribution is 2.55. The lowest BCUT2D eigenvalue weighted by atomic mass is 9.88. The zero-order valence-corrected chi connectivity index (χ0v) is 11.2. The van der Waals surface area contributed by atoms with Gasteiger partial charge in [0.05, 0.1) is 0 Å². The molecule has 5 heteroatoms. The van der Waals surface area contributed by atoms with Crippen LogP contribution in [-0.2, 0) is 9.53 Å². The van der Waals surface area contributed by atoms with Crippen LogP contribution >= 0.6 is 0 Å². The highest BCUT2D eigenvalue weighted by atomic mass is 16.6. The molecule has 1 saturated carbocycles. The van der Waals surface area contributed by atoms with Crippen molar-refractivity contribution in [1.82, 2.24) is 4.90 Å². The lowest BCUT2D eigenvalue weighted by Crippen LogP contribution is -2.52. The maximum Gasteiger partial charge on any atom is 0.411 e. The number of hydrogen-bond acceptors (Lipinski definition) is 3. The normalized spacial score (nSPS) is 25.9. The molecule has 1 heterocycles. The van der Waals surface area contributed by atoms with Gasteiger partial charge in [-0.15, -0.1) is 0 Å². The van der Waals surface area contributed by atoms with Gasteiger partial charge in [-0.3, -0.25) is 4.90 Å². The van der Waals surface area contributed by atoms with Crippen LogP contribution in [0.4, 0.5) is 4.79 Å². The molecule has 102 valence electrons. The summed E-state index contributed by atoms with van der Waals surface area (Å²) in [4.78, 5) is 24.7. The van der Waals surface area contributed by atoms with E-state index in [0.29, 0.717) is 13.0 Å². The van der Waals surface area contributed by atoms with Crippen molar-refractivity contribution >= 4 is 12.1 Å². The van der Waals surface area contributed by atoms with Crippen LogP contribution < -0.4 is 0 Å². The van der Waals surface area contributed by atoms with Gasteiger partial charge in [0.25, 0.3) is 0 Å². The van der Waals surface area contributed by atoms with Crippen molar-refractivity contribution in [2.24, 2.45) is 5.41 Å². The van der Waals surface area contributed by atoms with Gasteiger partial charge in [-0.2, -0.15) is 0 Å². The SMILES string of the molecule is CC(C)(C)OC(=O)N1CCC2(CC2)C[C@@H]1C(=O)O. The Morgan fingerprint density at radius 3 is 2.33 bits per heavy atom. The first-order chi connectivity index (χ1) is 8.22. The van der Waals surface area contributed by atoms with Crippen LogP contribution in [0, 0.1) is 5.41 Å². The monoisotopic (exact) mass is 255 g/mol. The number of hydrogen-bond donors (Lipinski definition) is 1. The predicted molar refractivity (Wildman–Crippen MR) is 65.3 cm³/mol. The maximum absolute atomic E-state index is 12.0. The predicted octanol–water partition coefficient (Wildman–Crippen LogP) is 2.25. The number of ether oxygens (including phenoxy) is 1. The fraction of sp³-hybridized carbons (Fsp3) is 0.846. The van der Waals surface area contributed by atoms with Crippen molar-refractivity contribution in [2.45, 2.75) is 58.1 Å². The number of carboxylic acid groups (broad SMARTS) is 1. The van der Waals surface area contributed by atoms with Gasteiger partial charge >= 0.3 is 12.1 Å². The van der Waals surface area contributed by atoms with Gasteiger partial charge in [0, 0.05) is 6.54 Å². The van der Waals surface area contributed by atoms with Crippen LogP contribution in [0.25, 0.3) is 0 Å². The second-order valence-corrected chi connectivity index (χ2v) is 6.48. The smallest absolute Gasteiger partial charge is 0.411 e. The number of nitrogens with zero attached hydrogens (tertiary/aromatic N) is 1. The minimum atomic E-state index is -0.924. The summed E-state index contributed by atoms with van der Waals surface area (Å²) in [6, 6.07) is -0.726. The molecule has 1 N–H and O–H groups in total. The molecular weight excluding hydrogens is 234 g/mol. The summed E-state index contributed by atoms with van der Waals surface area (Å²) in [6.07, 6.45) is 3.15. The fourth-order valence-corrected chi connectivity index (χ4v) is 2.53. The summed E-state index contributed by atoms with van der Waals surface area (Å²) in [7, 11) is 0. The third-order valence-corrected chi connectivity index (χ3v) is 3.76. The summed E-state index contributed by atoms with van der Waals surface area (Å²) in [5.41, 5.74) is -0.392. The van der Waals surface area contributed by atoms with Gasteiger partial charge < -0.3 is 9.84 Å². The topological polar surface area (TPSA) is 66.8 Å². The van der Waals surface area contributed by atoms with Gasteiger partial charge in [0.2, 0.25) is 0 Å². The largest absolute Gasteiger partial charge is 0.480 e. The zero-order chi connectivity index (χ0) is 13.6. The molecule has 2 rings (SSSR count). The van der Waals surface area contributed by atoms with Gasteiger partial charge in [0.15, 0.2) is 0 Å². The molecule has 0 unspecified atom stereocenters. The van der Waals surface area contributed by atoms with Crippen LogP contribution in [0.3, 0.4) is 0 Å². The van der Waals surface area contributed by atoms with Crippen molar-refractivity contribution in [3.63, 3.8) is 0 Å². The number of aliphatic carboxylic acids is 1. The number of rotatable bonds is 1. The summed E-state index contributed by atoms with van der Waals surface area (Å²) < 4.78 is 5.27. The molecule has 18 heavy (non-hydrogen) atoms. The third kappa shape index (κ3) is 2.76. The van der Waals surface area contributed by atoms with Crippen LogP contribution in [0.5, 0.6) is 0 Å². The molecule has 2 aliphatic rings. The minimum absolute atomic E-state index is 0.196. The lowest BCUT2D eigenvalue weighted by Gasteiger charge is -2.38. The number of carbonyl (C=O) groups excluding carboxylic acids is 1. The molecule has 0 aromatic rings. The van der Waals surface area contributed by atoms with Crippen molar-refractivity contribution in [3.8, 4) is 0 Å². The van der Waals surface area contributed by atoms with E-state index in [-0.39, 0.29) is 5.41 Å². The van der Waals surface area contributed by atoms with Gasteiger partial charge in [0.1, 0.15) is 11.6 Å². The van der Waals surface area contributed by atoms with Crippen molar-refractivity contribution in [2.75, 3.05) is 6.54 Å². The second-order valence-electron chi connectivity index (χ2n) is 6.48. The second kappa shape index (κ2) is 4.14. The van der Waals surface area contributed by atoms with Gasteiger partial charge in [-0.25, -0.2) is 9.59 Å². The third-order valence-electron chi connectivity index (χ3n) is 3.76. The number of piperidine rings is 1. The van der Waals surface area contributed by atoms with E-state index in [1.807, 2.05) is 0 Å². The van der Waals surface area contributed by atoms with E-state index in [2.05, 4.69) is 0 Å². The molecule has 1 aliphatic heterocycles. The molecule has 1 saturated heterocycles. The average Bonchev–Trinajstić information content (AvgIpc) is 2.94. The summed E-state index contributed by atoms with van der Waals surface area (Å²) >= 11 is 0. The molecule has 1 amide bonds. The first kappa shape index (κ1) is 13.2. The van der Waals surface area contributed by atoms with E-state index in [9.17, 15) is 14.7 Å². The first-order valence-electron chi connectivity index (χ1n) is 6.45. The van der Waals surface area contributed by atoms with E-state index in [4.69, 9.17) is 4.74 Å². The Morgan fingerprint density at radius 1 is 1.28 bits per heavy atom. The quantitative estimate of drug-likeness (QED) is 0.780. The Balaban J connectivity index is 2.06. The molecule has 2 fully saturated rings. The van der Waals surface area contributed by atoms with Crippen molar-refractivity contribution in [3.05, 3.63) is 0 Å². The molecule has 1 spiro atoms. The highest BCUT2D eigenvalue weighted by Gasteiger charge is 2.51. The van der Waals surface area contributed by atoms with Crippen LogP contribution in [-0.4, -0.2) is 40.3 Å². The highest BCUT2D eigenvalue weighted by molar-refractivity contribution is 5.80.